The number of benzene rings is 1. The quantitative estimate of drug-likeness (QED) is 0.529. The summed E-state index contributed by atoms with van der Waals surface area (Å²) in [6, 6.07) is 16.4. The van der Waals surface area contributed by atoms with Crippen LogP contribution in [-0.2, 0) is 0 Å². The molecule has 7 nitrogen and oxygen atoms in total. The van der Waals surface area contributed by atoms with E-state index in [9.17, 15) is 14.4 Å². The second kappa shape index (κ2) is 5.68. The van der Waals surface area contributed by atoms with E-state index < -0.39 is 17.4 Å². The molecule has 0 spiro atoms. The number of hydrogen-bond acceptors (Lipinski definition) is 4. The van der Waals surface area contributed by atoms with Crippen LogP contribution < -0.4 is 16.6 Å². The lowest BCUT2D eigenvalue weighted by Crippen LogP contribution is -2.24. The number of amides is 2. The first-order valence-corrected chi connectivity index (χ1v) is 8.62. The lowest BCUT2D eigenvalue weighted by atomic mass is 10.1. The molecule has 1 aliphatic heterocycles. The minimum absolute atomic E-state index is 0.0126. The fraction of sp³-hybridized carbons (Fsp3) is 0. The number of nitrogens with two attached hydrogens (primary N) is 1. The highest BCUT2D eigenvalue weighted by atomic mass is 16.2. The van der Waals surface area contributed by atoms with Gasteiger partial charge in [0, 0.05) is 29.5 Å². The molecule has 5 rings (SSSR count). The van der Waals surface area contributed by atoms with Gasteiger partial charge in [0.15, 0.2) is 0 Å². The molecule has 4 heterocycles. The van der Waals surface area contributed by atoms with Gasteiger partial charge in [-0.1, -0.05) is 18.2 Å². The Balaban J connectivity index is 1.69. The Hall–Kier alpha value is -4.13. The molecule has 28 heavy (non-hydrogen) atoms. The van der Waals surface area contributed by atoms with Crippen molar-refractivity contribution in [2.75, 3.05) is 5.73 Å². The lowest BCUT2D eigenvalue weighted by molar-refractivity contribution is 0.0880. The van der Waals surface area contributed by atoms with Gasteiger partial charge < -0.3 is 10.1 Å². The first kappa shape index (κ1) is 16.1. The van der Waals surface area contributed by atoms with E-state index in [0.717, 1.165) is 22.7 Å². The number of aromatic nitrogens is 2. The zero-order valence-electron chi connectivity index (χ0n) is 14.5. The van der Waals surface area contributed by atoms with Crippen LogP contribution in [0.3, 0.4) is 0 Å². The molecule has 0 fully saturated rings. The Morgan fingerprint density at radius 1 is 0.857 bits per heavy atom. The summed E-state index contributed by atoms with van der Waals surface area (Å²) in [4.78, 5) is 36.5. The molecule has 0 saturated carbocycles. The maximum atomic E-state index is 12.6. The molecule has 0 unspecified atom stereocenters. The molecule has 0 bridgehead atoms. The standard InChI is InChI=1S/C21H14N4O3/c22-19-18-16(20(27)23-21(18)28)10-17(26)25(19)15-6-3-4-12(8-15)13-9-14-5-1-2-7-24(14)11-13/h1-11H,22H2,(H,23,27,28). The van der Waals surface area contributed by atoms with Gasteiger partial charge in [-0.25, -0.2) is 0 Å². The molecule has 7 heteroatoms. The highest BCUT2D eigenvalue weighted by Gasteiger charge is 2.31. The van der Waals surface area contributed by atoms with Crippen LogP contribution in [0.15, 0.2) is 71.8 Å². The highest BCUT2D eigenvalue weighted by molar-refractivity contribution is 6.23. The Morgan fingerprint density at radius 2 is 1.71 bits per heavy atom. The normalized spacial score (nSPS) is 13.0. The van der Waals surface area contributed by atoms with E-state index in [2.05, 4.69) is 5.32 Å². The maximum Gasteiger partial charge on any atom is 0.262 e. The Labute approximate surface area is 158 Å². The van der Waals surface area contributed by atoms with E-state index in [1.165, 1.54) is 4.57 Å². The van der Waals surface area contributed by atoms with Crippen LogP contribution in [0.2, 0.25) is 0 Å². The maximum absolute atomic E-state index is 12.6. The third-order valence-corrected chi connectivity index (χ3v) is 4.90. The largest absolute Gasteiger partial charge is 0.384 e. The molecule has 0 aliphatic carbocycles. The second-order valence-corrected chi connectivity index (χ2v) is 6.59. The van der Waals surface area contributed by atoms with Gasteiger partial charge >= 0.3 is 0 Å². The average Bonchev–Trinajstić information content (AvgIpc) is 3.23. The zero-order chi connectivity index (χ0) is 19.4. The van der Waals surface area contributed by atoms with Gasteiger partial charge in [-0.15, -0.1) is 0 Å². The molecule has 1 aromatic carbocycles. The number of pyridine rings is 2. The summed E-state index contributed by atoms with van der Waals surface area (Å²) in [6.45, 7) is 0. The van der Waals surface area contributed by atoms with Crippen LogP contribution in [-0.4, -0.2) is 20.8 Å². The van der Waals surface area contributed by atoms with Crippen molar-refractivity contribution in [3.8, 4) is 16.8 Å². The van der Waals surface area contributed by atoms with Crippen LogP contribution in [0.1, 0.15) is 20.7 Å². The van der Waals surface area contributed by atoms with Crippen LogP contribution in [0, 0.1) is 0 Å². The lowest BCUT2D eigenvalue weighted by Gasteiger charge is -2.12. The Kier molecular flexibility index (Phi) is 3.26. The molecule has 136 valence electrons. The van der Waals surface area contributed by atoms with Crippen molar-refractivity contribution < 1.29 is 9.59 Å². The van der Waals surface area contributed by atoms with Gasteiger partial charge in [-0.2, -0.15) is 0 Å². The van der Waals surface area contributed by atoms with Crippen molar-refractivity contribution in [2.24, 2.45) is 0 Å². The van der Waals surface area contributed by atoms with Gasteiger partial charge in [0.25, 0.3) is 17.4 Å². The summed E-state index contributed by atoms with van der Waals surface area (Å²) in [5.41, 5.74) is 9.13. The van der Waals surface area contributed by atoms with Gasteiger partial charge in [0.2, 0.25) is 0 Å². The van der Waals surface area contributed by atoms with Gasteiger partial charge in [-0.3, -0.25) is 24.3 Å². The number of nitrogen functional groups attached to an aromatic ring is 1. The number of carbonyl (C=O) groups is 2. The summed E-state index contributed by atoms with van der Waals surface area (Å²) >= 11 is 0. The molecule has 0 saturated heterocycles. The molecule has 3 aromatic heterocycles. The minimum Gasteiger partial charge on any atom is -0.384 e. The third kappa shape index (κ3) is 2.26. The van der Waals surface area contributed by atoms with E-state index in [1.807, 2.05) is 59.3 Å². The molecule has 2 amide bonds. The Bertz CT molecular complexity index is 1330. The van der Waals surface area contributed by atoms with Gasteiger partial charge in [0.05, 0.1) is 16.8 Å². The molecular weight excluding hydrogens is 356 g/mol. The number of hydrogen-bond donors (Lipinski definition) is 2. The Morgan fingerprint density at radius 3 is 2.54 bits per heavy atom. The number of carbonyl (C=O) groups excluding carboxylic acids is 2. The van der Waals surface area contributed by atoms with Crippen LogP contribution in [0.4, 0.5) is 5.82 Å². The molecule has 3 N–H and O–H groups in total. The average molecular weight is 370 g/mol. The van der Waals surface area contributed by atoms with Crippen molar-refractivity contribution in [2.45, 2.75) is 0 Å². The monoisotopic (exact) mass is 370 g/mol. The van der Waals surface area contributed by atoms with Crippen molar-refractivity contribution in [3.05, 3.63) is 88.5 Å². The van der Waals surface area contributed by atoms with Crippen LogP contribution in [0.5, 0.6) is 0 Å². The molecule has 1 aliphatic rings. The first-order valence-electron chi connectivity index (χ1n) is 8.62. The summed E-state index contributed by atoms with van der Waals surface area (Å²) in [7, 11) is 0. The van der Waals surface area contributed by atoms with Gasteiger partial charge in [0.1, 0.15) is 5.82 Å². The number of fused-ring (bicyclic) bond motifs is 2. The smallest absolute Gasteiger partial charge is 0.262 e. The van der Waals surface area contributed by atoms with E-state index in [0.29, 0.717) is 5.69 Å². The highest BCUT2D eigenvalue weighted by Crippen LogP contribution is 2.27. The van der Waals surface area contributed by atoms with Crippen molar-refractivity contribution in [1.82, 2.24) is 14.3 Å². The predicted octanol–water partition coefficient (Wildman–Crippen LogP) is 2.22. The van der Waals surface area contributed by atoms with E-state index >= 15 is 0 Å². The molecule has 0 radical (unpaired) electrons. The predicted molar refractivity (Wildman–Crippen MR) is 105 cm³/mol. The molecule has 0 atom stereocenters. The van der Waals surface area contributed by atoms with E-state index in [1.54, 1.807) is 6.07 Å². The SMILES string of the molecule is Nc1c2c(cc(=O)n1-c1cccc(-c3cc4ccccn4c3)c1)C(=O)NC2=O. The van der Waals surface area contributed by atoms with Gasteiger partial charge in [-0.05, 0) is 35.9 Å². The number of rotatable bonds is 2. The minimum atomic E-state index is -0.606. The van der Waals surface area contributed by atoms with Crippen LogP contribution >= 0.6 is 0 Å². The zero-order valence-corrected chi connectivity index (χ0v) is 14.5. The summed E-state index contributed by atoms with van der Waals surface area (Å²) in [5.74, 6) is -1.25. The molecule has 4 aromatic rings. The van der Waals surface area contributed by atoms with Crippen molar-refractivity contribution in [1.29, 1.82) is 0 Å². The fourth-order valence-electron chi connectivity index (χ4n) is 3.58. The second-order valence-electron chi connectivity index (χ2n) is 6.59. The topological polar surface area (TPSA) is 98.6 Å². The number of nitrogens with one attached hydrogen (secondary N) is 1. The van der Waals surface area contributed by atoms with E-state index in [4.69, 9.17) is 5.73 Å². The first-order chi connectivity index (χ1) is 13.5. The number of anilines is 1. The number of nitrogens with zero attached hydrogens (tertiary/aromatic N) is 2. The van der Waals surface area contributed by atoms with E-state index in [-0.39, 0.29) is 16.9 Å². The van der Waals surface area contributed by atoms with Crippen molar-refractivity contribution in [3.63, 3.8) is 0 Å². The summed E-state index contributed by atoms with van der Waals surface area (Å²) in [5, 5.41) is 2.17. The summed E-state index contributed by atoms with van der Waals surface area (Å²) < 4.78 is 3.25. The summed E-state index contributed by atoms with van der Waals surface area (Å²) in [6.07, 6.45) is 3.96. The third-order valence-electron chi connectivity index (χ3n) is 4.90. The van der Waals surface area contributed by atoms with Crippen LogP contribution in [0.25, 0.3) is 22.3 Å². The fourth-order valence-corrected chi connectivity index (χ4v) is 3.58. The number of imide groups is 1. The molecular formula is C21H14N4O3. The van der Waals surface area contributed by atoms with Crippen molar-refractivity contribution >= 4 is 23.1 Å².